The second kappa shape index (κ2) is 6.79. The van der Waals surface area contributed by atoms with Crippen molar-refractivity contribution < 1.29 is 18.7 Å². The van der Waals surface area contributed by atoms with Gasteiger partial charge in [0.25, 0.3) is 5.91 Å². The molecule has 2 aromatic carbocycles. The van der Waals surface area contributed by atoms with E-state index >= 15 is 0 Å². The molecule has 0 atom stereocenters. The molecule has 1 amide bonds. The largest absolute Gasteiger partial charge is 0.486 e. The average Bonchev–Trinajstić information content (AvgIpc) is 2.97. The molecule has 0 fully saturated rings. The number of fused-ring (bicyclic) bond motifs is 1. The number of benzene rings is 2. The standard InChI is InChI=1S/C21H19FN2O3/c1-13-11-18(14(2)24(13)17-6-3-15(22)4-7-17)21(25)23-16-5-8-19-20(12-16)27-10-9-26-19/h3-8,11-12H,9-10H2,1-2H3,(H,23,25). The number of carbonyl (C=O) groups is 1. The molecule has 2 heterocycles. The van der Waals surface area contributed by atoms with Gasteiger partial charge in [-0.15, -0.1) is 0 Å². The Balaban J connectivity index is 1.61. The van der Waals surface area contributed by atoms with Gasteiger partial charge in [-0.2, -0.15) is 0 Å². The van der Waals surface area contributed by atoms with Gasteiger partial charge in [0.05, 0.1) is 5.56 Å². The number of rotatable bonds is 3. The average molecular weight is 366 g/mol. The van der Waals surface area contributed by atoms with Gasteiger partial charge in [-0.25, -0.2) is 4.39 Å². The lowest BCUT2D eigenvalue weighted by Crippen LogP contribution is -2.16. The lowest BCUT2D eigenvalue weighted by molar-refractivity contribution is 0.102. The summed E-state index contributed by atoms with van der Waals surface area (Å²) >= 11 is 0. The van der Waals surface area contributed by atoms with Gasteiger partial charge < -0.3 is 19.4 Å². The van der Waals surface area contributed by atoms with E-state index in [-0.39, 0.29) is 11.7 Å². The van der Waals surface area contributed by atoms with Crippen LogP contribution in [0.4, 0.5) is 10.1 Å². The summed E-state index contributed by atoms with van der Waals surface area (Å²) in [6, 6.07) is 13.3. The Morgan fingerprint density at radius 3 is 2.44 bits per heavy atom. The number of ether oxygens (including phenoxy) is 2. The molecule has 138 valence electrons. The van der Waals surface area contributed by atoms with Crippen LogP contribution >= 0.6 is 0 Å². The zero-order chi connectivity index (χ0) is 19.0. The molecule has 0 radical (unpaired) electrons. The molecule has 0 bridgehead atoms. The van der Waals surface area contributed by atoms with Crippen LogP contribution in [0, 0.1) is 19.7 Å². The maximum Gasteiger partial charge on any atom is 0.257 e. The number of amides is 1. The third-order valence-corrected chi connectivity index (χ3v) is 4.56. The van der Waals surface area contributed by atoms with E-state index in [0.29, 0.717) is 36.0 Å². The second-order valence-corrected chi connectivity index (χ2v) is 6.41. The van der Waals surface area contributed by atoms with Gasteiger partial charge in [0.2, 0.25) is 0 Å². The lowest BCUT2D eigenvalue weighted by Gasteiger charge is -2.19. The van der Waals surface area contributed by atoms with Gasteiger partial charge in [-0.1, -0.05) is 0 Å². The van der Waals surface area contributed by atoms with E-state index in [1.54, 1.807) is 30.3 Å². The first-order valence-electron chi connectivity index (χ1n) is 8.69. The molecule has 6 heteroatoms. The van der Waals surface area contributed by atoms with E-state index in [4.69, 9.17) is 9.47 Å². The van der Waals surface area contributed by atoms with Crippen molar-refractivity contribution in [2.45, 2.75) is 13.8 Å². The molecule has 3 aromatic rings. The molecule has 1 aliphatic rings. The Hall–Kier alpha value is -3.28. The first-order chi connectivity index (χ1) is 13.0. The van der Waals surface area contributed by atoms with Gasteiger partial charge in [0.15, 0.2) is 11.5 Å². The summed E-state index contributed by atoms with van der Waals surface area (Å²) in [6.45, 7) is 4.80. The number of aromatic nitrogens is 1. The van der Waals surface area contributed by atoms with Crippen LogP contribution in [0.5, 0.6) is 11.5 Å². The predicted octanol–water partition coefficient (Wildman–Crippen LogP) is 4.26. The number of carbonyl (C=O) groups excluding carboxylic acids is 1. The van der Waals surface area contributed by atoms with E-state index < -0.39 is 0 Å². The lowest BCUT2D eigenvalue weighted by atomic mass is 10.2. The van der Waals surface area contributed by atoms with Crippen molar-refractivity contribution in [3.05, 3.63) is 71.3 Å². The zero-order valence-electron chi connectivity index (χ0n) is 15.1. The highest BCUT2D eigenvalue weighted by Gasteiger charge is 2.18. The quantitative estimate of drug-likeness (QED) is 0.754. The van der Waals surface area contributed by atoms with E-state index in [9.17, 15) is 9.18 Å². The summed E-state index contributed by atoms with van der Waals surface area (Å²) < 4.78 is 26.2. The molecule has 5 nitrogen and oxygen atoms in total. The number of halogens is 1. The van der Waals surface area contributed by atoms with E-state index in [1.165, 1.54) is 12.1 Å². The molecule has 1 aromatic heterocycles. The van der Waals surface area contributed by atoms with Crippen LogP contribution in [0.2, 0.25) is 0 Å². The normalized spacial score (nSPS) is 12.7. The van der Waals surface area contributed by atoms with Gasteiger partial charge >= 0.3 is 0 Å². The number of nitrogens with one attached hydrogen (secondary N) is 1. The molecule has 0 spiro atoms. The van der Waals surface area contributed by atoms with Crippen molar-refractivity contribution in [3.8, 4) is 17.2 Å². The molecule has 0 saturated heterocycles. The highest BCUT2D eigenvalue weighted by atomic mass is 19.1. The summed E-state index contributed by atoms with van der Waals surface area (Å²) in [7, 11) is 0. The molecular weight excluding hydrogens is 347 g/mol. The Bertz CT molecular complexity index is 1010. The fourth-order valence-electron chi connectivity index (χ4n) is 3.30. The van der Waals surface area contributed by atoms with Crippen molar-refractivity contribution in [1.29, 1.82) is 0 Å². The summed E-state index contributed by atoms with van der Waals surface area (Å²) in [6.07, 6.45) is 0. The van der Waals surface area contributed by atoms with Crippen molar-refractivity contribution in [2.75, 3.05) is 18.5 Å². The van der Waals surface area contributed by atoms with E-state index in [2.05, 4.69) is 5.32 Å². The minimum Gasteiger partial charge on any atom is -0.486 e. The Labute approximate surface area is 156 Å². The SMILES string of the molecule is Cc1cc(C(=O)Nc2ccc3c(c2)OCCO3)c(C)n1-c1ccc(F)cc1. The maximum absolute atomic E-state index is 13.2. The molecule has 0 unspecified atom stereocenters. The Kier molecular flexibility index (Phi) is 4.32. The fraction of sp³-hybridized carbons (Fsp3) is 0.190. The van der Waals surface area contributed by atoms with Crippen molar-refractivity contribution in [1.82, 2.24) is 4.57 Å². The minimum absolute atomic E-state index is 0.215. The molecular formula is C21H19FN2O3. The second-order valence-electron chi connectivity index (χ2n) is 6.41. The number of anilines is 1. The first-order valence-corrected chi connectivity index (χ1v) is 8.69. The fourth-order valence-corrected chi connectivity index (χ4v) is 3.30. The van der Waals surface area contributed by atoms with Gasteiger partial charge in [-0.3, -0.25) is 4.79 Å². The maximum atomic E-state index is 13.2. The third-order valence-electron chi connectivity index (χ3n) is 4.56. The van der Waals surface area contributed by atoms with Crippen LogP contribution in [0.3, 0.4) is 0 Å². The van der Waals surface area contributed by atoms with Crippen molar-refractivity contribution in [2.24, 2.45) is 0 Å². The van der Waals surface area contributed by atoms with Gasteiger partial charge in [-0.05, 0) is 56.3 Å². The molecule has 0 aliphatic carbocycles. The zero-order valence-corrected chi connectivity index (χ0v) is 15.1. The third kappa shape index (κ3) is 3.26. The Morgan fingerprint density at radius 2 is 1.70 bits per heavy atom. The number of aryl methyl sites for hydroxylation is 1. The summed E-state index contributed by atoms with van der Waals surface area (Å²) in [5, 5.41) is 2.90. The summed E-state index contributed by atoms with van der Waals surface area (Å²) in [4.78, 5) is 12.8. The summed E-state index contributed by atoms with van der Waals surface area (Å²) in [5.41, 5.74) is 3.69. The molecule has 1 aliphatic heterocycles. The van der Waals surface area contributed by atoms with Crippen LogP contribution in [-0.2, 0) is 0 Å². The molecule has 0 saturated carbocycles. The molecule has 27 heavy (non-hydrogen) atoms. The van der Waals surface area contributed by atoms with Gasteiger partial charge in [0, 0.05) is 28.8 Å². The predicted molar refractivity (Wildman–Crippen MR) is 101 cm³/mol. The van der Waals surface area contributed by atoms with Crippen LogP contribution in [0.1, 0.15) is 21.7 Å². The molecule has 1 N–H and O–H groups in total. The highest BCUT2D eigenvalue weighted by Crippen LogP contribution is 2.33. The van der Waals surface area contributed by atoms with Gasteiger partial charge in [0.1, 0.15) is 19.0 Å². The topological polar surface area (TPSA) is 52.5 Å². The van der Waals surface area contributed by atoms with E-state index in [1.807, 2.05) is 24.5 Å². The highest BCUT2D eigenvalue weighted by molar-refractivity contribution is 6.05. The molecule has 4 rings (SSSR count). The van der Waals surface area contributed by atoms with Crippen LogP contribution in [0.15, 0.2) is 48.5 Å². The van der Waals surface area contributed by atoms with Crippen LogP contribution in [-0.4, -0.2) is 23.7 Å². The Morgan fingerprint density at radius 1 is 1.00 bits per heavy atom. The smallest absolute Gasteiger partial charge is 0.257 e. The van der Waals surface area contributed by atoms with E-state index in [0.717, 1.165) is 17.1 Å². The minimum atomic E-state index is -0.294. The van der Waals surface area contributed by atoms with Crippen LogP contribution < -0.4 is 14.8 Å². The van der Waals surface area contributed by atoms with Crippen molar-refractivity contribution in [3.63, 3.8) is 0 Å². The summed E-state index contributed by atoms with van der Waals surface area (Å²) in [5.74, 6) is 0.787. The number of nitrogens with zero attached hydrogens (tertiary/aromatic N) is 1. The monoisotopic (exact) mass is 366 g/mol. The number of hydrogen-bond acceptors (Lipinski definition) is 3. The van der Waals surface area contributed by atoms with Crippen molar-refractivity contribution >= 4 is 11.6 Å². The first kappa shape index (κ1) is 17.1. The number of hydrogen-bond donors (Lipinski definition) is 1. The van der Waals surface area contributed by atoms with Crippen LogP contribution in [0.25, 0.3) is 5.69 Å².